The Labute approximate surface area is 117 Å². The Morgan fingerprint density at radius 3 is 3.05 bits per heavy atom. The highest BCUT2D eigenvalue weighted by molar-refractivity contribution is 5.85. The molecule has 0 spiro atoms. The maximum atomic E-state index is 10.6. The third kappa shape index (κ3) is 4.08. The molecule has 2 rings (SSSR count). The van der Waals surface area contributed by atoms with Gasteiger partial charge in [0.15, 0.2) is 0 Å². The summed E-state index contributed by atoms with van der Waals surface area (Å²) >= 11 is 0. The number of carboxylic acid groups (broad SMARTS) is 1. The molecule has 1 aromatic rings. The van der Waals surface area contributed by atoms with Crippen LogP contribution in [0.15, 0.2) is 24.3 Å². The highest BCUT2D eigenvalue weighted by Gasteiger charge is 2.16. The van der Waals surface area contributed by atoms with Crippen molar-refractivity contribution >= 4 is 12.0 Å². The molecule has 0 amide bonds. The molecule has 1 aliphatic heterocycles. The first-order valence-corrected chi connectivity index (χ1v) is 6.46. The summed E-state index contributed by atoms with van der Waals surface area (Å²) in [6, 6.07) is 5.48. The molecule has 1 heterocycles. The second-order valence-corrected chi connectivity index (χ2v) is 4.53. The number of rotatable bonds is 6. The van der Waals surface area contributed by atoms with Gasteiger partial charge in [-0.05, 0) is 35.8 Å². The van der Waals surface area contributed by atoms with E-state index in [0.717, 1.165) is 36.0 Å². The van der Waals surface area contributed by atoms with Gasteiger partial charge in [0.05, 0.1) is 26.4 Å². The lowest BCUT2D eigenvalue weighted by molar-refractivity contribution is -0.131. The van der Waals surface area contributed by atoms with E-state index in [9.17, 15) is 4.79 Å². The summed E-state index contributed by atoms with van der Waals surface area (Å²) in [6.45, 7) is 1.75. The van der Waals surface area contributed by atoms with Gasteiger partial charge in [-0.1, -0.05) is 6.07 Å². The van der Waals surface area contributed by atoms with Gasteiger partial charge in [-0.25, -0.2) is 4.79 Å². The Hall–Kier alpha value is -1.85. The van der Waals surface area contributed by atoms with Gasteiger partial charge in [0.2, 0.25) is 0 Å². The summed E-state index contributed by atoms with van der Waals surface area (Å²) in [5, 5.41) is 8.71. The Balaban J connectivity index is 2.11. The molecule has 1 atom stereocenters. The van der Waals surface area contributed by atoms with Crippen molar-refractivity contribution in [3.8, 4) is 5.75 Å². The zero-order valence-corrected chi connectivity index (χ0v) is 11.4. The van der Waals surface area contributed by atoms with E-state index in [1.54, 1.807) is 19.3 Å². The third-order valence-corrected chi connectivity index (χ3v) is 3.12. The fourth-order valence-electron chi connectivity index (χ4n) is 2.01. The van der Waals surface area contributed by atoms with E-state index >= 15 is 0 Å². The van der Waals surface area contributed by atoms with Gasteiger partial charge in [0.25, 0.3) is 0 Å². The van der Waals surface area contributed by atoms with Crippen LogP contribution in [-0.2, 0) is 20.9 Å². The average Bonchev–Trinajstić information content (AvgIpc) is 2.96. The second-order valence-electron chi connectivity index (χ2n) is 4.53. The molecule has 20 heavy (non-hydrogen) atoms. The van der Waals surface area contributed by atoms with Crippen molar-refractivity contribution in [2.75, 3.05) is 20.3 Å². The van der Waals surface area contributed by atoms with Gasteiger partial charge >= 0.3 is 5.97 Å². The van der Waals surface area contributed by atoms with Crippen LogP contribution in [0.25, 0.3) is 6.08 Å². The number of ether oxygens (including phenoxy) is 3. The smallest absolute Gasteiger partial charge is 0.328 e. The van der Waals surface area contributed by atoms with Crippen molar-refractivity contribution in [2.24, 2.45) is 0 Å². The largest absolute Gasteiger partial charge is 0.497 e. The summed E-state index contributed by atoms with van der Waals surface area (Å²) in [5.74, 6) is -0.254. The van der Waals surface area contributed by atoms with E-state index in [1.807, 2.05) is 12.1 Å². The molecule has 0 aromatic heterocycles. The summed E-state index contributed by atoms with van der Waals surface area (Å²) in [6.07, 6.45) is 3.68. The normalized spacial score (nSPS) is 18.6. The topological polar surface area (TPSA) is 65.0 Å². The molecular weight excluding hydrogens is 260 g/mol. The molecule has 0 saturated carbocycles. The number of hydrogen-bond acceptors (Lipinski definition) is 4. The minimum atomic E-state index is -0.975. The molecule has 1 fully saturated rings. The molecule has 1 N–H and O–H groups in total. The lowest BCUT2D eigenvalue weighted by Gasteiger charge is -2.13. The molecule has 1 unspecified atom stereocenters. The van der Waals surface area contributed by atoms with Gasteiger partial charge < -0.3 is 19.3 Å². The van der Waals surface area contributed by atoms with Crippen LogP contribution in [0, 0.1) is 0 Å². The molecule has 0 bridgehead atoms. The molecule has 108 valence electrons. The zero-order valence-electron chi connectivity index (χ0n) is 11.4. The summed E-state index contributed by atoms with van der Waals surface area (Å²) in [4.78, 5) is 10.6. The monoisotopic (exact) mass is 278 g/mol. The van der Waals surface area contributed by atoms with Gasteiger partial charge in [-0.15, -0.1) is 0 Å². The van der Waals surface area contributed by atoms with Crippen LogP contribution in [0.3, 0.4) is 0 Å². The molecular formula is C15H18O5. The van der Waals surface area contributed by atoms with E-state index in [-0.39, 0.29) is 6.10 Å². The van der Waals surface area contributed by atoms with Crippen LogP contribution in [0.4, 0.5) is 0 Å². The van der Waals surface area contributed by atoms with Crippen molar-refractivity contribution in [1.82, 2.24) is 0 Å². The molecule has 1 aromatic carbocycles. The van der Waals surface area contributed by atoms with Crippen molar-refractivity contribution in [3.63, 3.8) is 0 Å². The third-order valence-electron chi connectivity index (χ3n) is 3.12. The predicted octanol–water partition coefficient (Wildman–Crippen LogP) is 2.10. The number of benzene rings is 1. The quantitative estimate of drug-likeness (QED) is 0.807. The van der Waals surface area contributed by atoms with Crippen molar-refractivity contribution in [3.05, 3.63) is 35.4 Å². The predicted molar refractivity (Wildman–Crippen MR) is 73.7 cm³/mol. The Kier molecular flexibility index (Phi) is 5.15. The fourth-order valence-corrected chi connectivity index (χ4v) is 2.01. The number of methoxy groups -OCH3 is 1. The minimum Gasteiger partial charge on any atom is -0.497 e. The summed E-state index contributed by atoms with van der Waals surface area (Å²) in [5.41, 5.74) is 1.71. The first-order chi connectivity index (χ1) is 9.69. The fraction of sp³-hybridized carbons (Fsp3) is 0.400. The summed E-state index contributed by atoms with van der Waals surface area (Å²) in [7, 11) is 1.59. The molecule has 5 nitrogen and oxygen atoms in total. The van der Waals surface area contributed by atoms with Crippen LogP contribution in [-0.4, -0.2) is 37.5 Å². The van der Waals surface area contributed by atoms with Crippen LogP contribution >= 0.6 is 0 Å². The SMILES string of the molecule is COc1ccc(C=CC(=O)O)c(COC2CCOC2)c1. The van der Waals surface area contributed by atoms with E-state index in [2.05, 4.69) is 0 Å². The van der Waals surface area contributed by atoms with Crippen molar-refractivity contribution in [1.29, 1.82) is 0 Å². The van der Waals surface area contributed by atoms with E-state index in [1.165, 1.54) is 0 Å². The minimum absolute atomic E-state index is 0.109. The highest BCUT2D eigenvalue weighted by atomic mass is 16.5. The average molecular weight is 278 g/mol. The number of carbonyl (C=O) groups is 1. The first-order valence-electron chi connectivity index (χ1n) is 6.46. The Morgan fingerprint density at radius 1 is 1.55 bits per heavy atom. The van der Waals surface area contributed by atoms with Crippen molar-refractivity contribution < 1.29 is 24.1 Å². The maximum absolute atomic E-state index is 10.6. The van der Waals surface area contributed by atoms with E-state index in [4.69, 9.17) is 19.3 Å². The van der Waals surface area contributed by atoms with Crippen LogP contribution in [0.2, 0.25) is 0 Å². The number of hydrogen-bond donors (Lipinski definition) is 1. The summed E-state index contributed by atoms with van der Waals surface area (Å²) < 4.78 is 16.2. The lowest BCUT2D eigenvalue weighted by Crippen LogP contribution is -2.12. The zero-order chi connectivity index (χ0) is 14.4. The Bertz CT molecular complexity index is 489. The van der Waals surface area contributed by atoms with Gasteiger partial charge in [0.1, 0.15) is 5.75 Å². The van der Waals surface area contributed by atoms with E-state index in [0.29, 0.717) is 13.2 Å². The van der Waals surface area contributed by atoms with Gasteiger partial charge in [0, 0.05) is 12.7 Å². The lowest BCUT2D eigenvalue weighted by atomic mass is 10.1. The highest BCUT2D eigenvalue weighted by Crippen LogP contribution is 2.21. The van der Waals surface area contributed by atoms with Gasteiger partial charge in [-0.3, -0.25) is 0 Å². The Morgan fingerprint density at radius 2 is 2.40 bits per heavy atom. The maximum Gasteiger partial charge on any atom is 0.328 e. The van der Waals surface area contributed by atoms with Crippen LogP contribution < -0.4 is 4.74 Å². The van der Waals surface area contributed by atoms with E-state index < -0.39 is 5.97 Å². The van der Waals surface area contributed by atoms with Crippen LogP contribution in [0.1, 0.15) is 17.5 Å². The molecule has 1 saturated heterocycles. The molecule has 0 aliphatic carbocycles. The standard InChI is InChI=1S/C15H18O5/c1-18-13-4-2-11(3-5-15(16)17)12(8-13)9-20-14-6-7-19-10-14/h2-5,8,14H,6-7,9-10H2,1H3,(H,16,17). The first kappa shape index (κ1) is 14.6. The molecule has 5 heteroatoms. The second kappa shape index (κ2) is 7.07. The van der Waals surface area contributed by atoms with Crippen LogP contribution in [0.5, 0.6) is 5.75 Å². The number of aliphatic carboxylic acids is 1. The molecule has 0 radical (unpaired) electrons. The number of carboxylic acids is 1. The van der Waals surface area contributed by atoms with Gasteiger partial charge in [-0.2, -0.15) is 0 Å². The van der Waals surface area contributed by atoms with Crippen molar-refractivity contribution in [2.45, 2.75) is 19.1 Å². The molecule has 1 aliphatic rings.